The van der Waals surface area contributed by atoms with E-state index in [2.05, 4.69) is 28.2 Å². The Balaban J connectivity index is 1.69. The monoisotopic (exact) mass is 361 g/mol. The molecule has 118 valence electrons. The Morgan fingerprint density at radius 2 is 2.00 bits per heavy atom. The van der Waals surface area contributed by atoms with Gasteiger partial charge >= 0.3 is 141 Å². The second kappa shape index (κ2) is 7.34. The molecular formula is C17H24AsN3O. The molecule has 1 unspecified atom stereocenters. The number of aryl methyl sites for hydroxylation is 1. The van der Waals surface area contributed by atoms with Gasteiger partial charge in [-0.15, -0.1) is 0 Å². The quantitative estimate of drug-likeness (QED) is 0.750. The molecule has 5 heteroatoms. The summed E-state index contributed by atoms with van der Waals surface area (Å²) in [5, 5.41) is 4.28. The number of piperidine rings is 1. The van der Waals surface area contributed by atoms with Crippen molar-refractivity contribution in [3.63, 3.8) is 0 Å². The fourth-order valence-electron chi connectivity index (χ4n) is 2.98. The summed E-state index contributed by atoms with van der Waals surface area (Å²) in [5.41, 5.74) is 2.24. The van der Waals surface area contributed by atoms with Gasteiger partial charge in [-0.1, -0.05) is 0 Å². The van der Waals surface area contributed by atoms with Crippen molar-refractivity contribution in [3.8, 4) is 17.0 Å². The molecule has 0 amide bonds. The first kappa shape index (κ1) is 15.6. The number of rotatable bonds is 5. The maximum absolute atomic E-state index is 6.10. The number of benzene rings is 1. The van der Waals surface area contributed by atoms with E-state index in [0.717, 1.165) is 30.2 Å². The Kier molecular flexibility index (Phi) is 5.22. The summed E-state index contributed by atoms with van der Waals surface area (Å²) in [6.45, 7) is 4.20. The Bertz CT molecular complexity index is 620. The summed E-state index contributed by atoms with van der Waals surface area (Å²) in [4.78, 5) is 2.50. The minimum absolute atomic E-state index is 0.749. The van der Waals surface area contributed by atoms with E-state index < -0.39 is 0 Å². The zero-order chi connectivity index (χ0) is 15.4. The standard InChI is InChI=1S/C17H24AsN3O/c1-20-16(7-8-19-20)15-13-14(18)5-6-17(15)22-12-11-21-9-3-2-4-10-21/h5-8,13H,2-4,9-12,18H2,1H3. The average Bonchev–Trinajstić information content (AvgIpc) is 2.96. The van der Waals surface area contributed by atoms with Gasteiger partial charge in [0.1, 0.15) is 0 Å². The first-order valence-corrected chi connectivity index (χ1v) is 9.18. The van der Waals surface area contributed by atoms with Crippen molar-refractivity contribution in [2.45, 2.75) is 19.3 Å². The first-order chi connectivity index (χ1) is 10.7. The van der Waals surface area contributed by atoms with Crippen molar-refractivity contribution in [2.75, 3.05) is 26.2 Å². The predicted octanol–water partition coefficient (Wildman–Crippen LogP) is 1.21. The van der Waals surface area contributed by atoms with Gasteiger partial charge in [0.05, 0.1) is 0 Å². The molecule has 1 aromatic carbocycles. The molecule has 0 N–H and O–H groups in total. The van der Waals surface area contributed by atoms with Gasteiger partial charge < -0.3 is 0 Å². The van der Waals surface area contributed by atoms with E-state index in [1.54, 1.807) is 16.9 Å². The molecule has 2 aromatic rings. The molecule has 1 atom stereocenters. The Labute approximate surface area is 141 Å². The SMILES string of the molecule is Cn1nccc1-c1cc([AsH2])ccc1OCCN1CCCCC1. The molecule has 0 radical (unpaired) electrons. The summed E-state index contributed by atoms with van der Waals surface area (Å²) >= 11 is 1.63. The van der Waals surface area contributed by atoms with Gasteiger partial charge in [-0.3, -0.25) is 0 Å². The summed E-state index contributed by atoms with van der Waals surface area (Å²) < 4.78 is 9.30. The Hall–Kier alpha value is -1.25. The van der Waals surface area contributed by atoms with E-state index in [1.165, 1.54) is 36.7 Å². The van der Waals surface area contributed by atoms with Crippen LogP contribution in [0.2, 0.25) is 0 Å². The van der Waals surface area contributed by atoms with Crippen LogP contribution in [-0.4, -0.2) is 57.8 Å². The molecule has 3 rings (SSSR count). The molecule has 1 aliphatic rings. The summed E-state index contributed by atoms with van der Waals surface area (Å²) in [6.07, 6.45) is 5.86. The van der Waals surface area contributed by atoms with Crippen LogP contribution in [0, 0.1) is 0 Å². The number of nitrogens with zero attached hydrogens (tertiary/aromatic N) is 3. The number of hydrogen-bond donors (Lipinski definition) is 0. The van der Waals surface area contributed by atoms with E-state index in [-0.39, 0.29) is 0 Å². The number of ether oxygens (including phenoxy) is 1. The van der Waals surface area contributed by atoms with Crippen LogP contribution in [0.25, 0.3) is 11.3 Å². The molecule has 1 aromatic heterocycles. The van der Waals surface area contributed by atoms with E-state index in [9.17, 15) is 0 Å². The summed E-state index contributed by atoms with van der Waals surface area (Å²) in [5.74, 6) is 0.960. The third-order valence-electron chi connectivity index (χ3n) is 4.21. The topological polar surface area (TPSA) is 30.3 Å². The molecular weight excluding hydrogens is 337 g/mol. The van der Waals surface area contributed by atoms with Crippen LogP contribution < -0.4 is 9.09 Å². The molecule has 4 nitrogen and oxygen atoms in total. The van der Waals surface area contributed by atoms with Gasteiger partial charge in [0, 0.05) is 0 Å². The molecule has 1 saturated heterocycles. The van der Waals surface area contributed by atoms with Crippen molar-refractivity contribution in [3.05, 3.63) is 30.5 Å². The number of likely N-dealkylation sites (tertiary alicyclic amines) is 1. The van der Waals surface area contributed by atoms with E-state index in [4.69, 9.17) is 4.74 Å². The fraction of sp³-hybridized carbons (Fsp3) is 0.471. The van der Waals surface area contributed by atoms with Gasteiger partial charge in [-0.2, -0.15) is 0 Å². The minimum atomic E-state index is 0.749. The maximum atomic E-state index is 6.10. The van der Waals surface area contributed by atoms with E-state index in [0.29, 0.717) is 0 Å². The molecule has 0 spiro atoms. The van der Waals surface area contributed by atoms with Crippen LogP contribution in [0.15, 0.2) is 30.5 Å². The molecule has 2 heterocycles. The second-order valence-corrected chi connectivity index (χ2v) is 7.25. The number of aromatic nitrogens is 2. The molecule has 0 aliphatic carbocycles. The normalized spacial score (nSPS) is 15.9. The number of hydrogen-bond acceptors (Lipinski definition) is 3. The van der Waals surface area contributed by atoms with Crippen molar-refractivity contribution in [2.24, 2.45) is 7.05 Å². The predicted molar refractivity (Wildman–Crippen MR) is 92.6 cm³/mol. The molecule has 1 aliphatic heterocycles. The summed E-state index contributed by atoms with van der Waals surface area (Å²) in [6, 6.07) is 8.47. The van der Waals surface area contributed by atoms with Crippen molar-refractivity contribution >= 4 is 21.2 Å². The van der Waals surface area contributed by atoms with Crippen LogP contribution in [0.5, 0.6) is 5.75 Å². The van der Waals surface area contributed by atoms with Gasteiger partial charge in [0.2, 0.25) is 0 Å². The zero-order valence-electron chi connectivity index (χ0n) is 13.2. The molecule has 22 heavy (non-hydrogen) atoms. The average molecular weight is 361 g/mol. The molecule has 1 fully saturated rings. The Morgan fingerprint density at radius 3 is 2.73 bits per heavy atom. The van der Waals surface area contributed by atoms with Gasteiger partial charge in [0.25, 0.3) is 0 Å². The van der Waals surface area contributed by atoms with E-state index in [1.807, 2.05) is 24.0 Å². The van der Waals surface area contributed by atoms with Crippen LogP contribution in [0.1, 0.15) is 19.3 Å². The van der Waals surface area contributed by atoms with E-state index >= 15 is 0 Å². The Morgan fingerprint density at radius 1 is 1.18 bits per heavy atom. The fourth-order valence-corrected chi connectivity index (χ4v) is 3.53. The van der Waals surface area contributed by atoms with Crippen LogP contribution in [0.4, 0.5) is 0 Å². The van der Waals surface area contributed by atoms with Crippen molar-refractivity contribution < 1.29 is 4.74 Å². The van der Waals surface area contributed by atoms with Gasteiger partial charge in [-0.25, -0.2) is 0 Å². The summed E-state index contributed by atoms with van der Waals surface area (Å²) in [7, 11) is 1.97. The third kappa shape index (κ3) is 3.74. The van der Waals surface area contributed by atoms with Gasteiger partial charge in [0.15, 0.2) is 0 Å². The van der Waals surface area contributed by atoms with Gasteiger partial charge in [-0.05, 0) is 0 Å². The van der Waals surface area contributed by atoms with Crippen molar-refractivity contribution in [1.82, 2.24) is 14.7 Å². The third-order valence-corrected chi connectivity index (χ3v) is 4.97. The van der Waals surface area contributed by atoms with Crippen LogP contribution >= 0.6 is 0 Å². The van der Waals surface area contributed by atoms with Crippen molar-refractivity contribution in [1.29, 1.82) is 0 Å². The van der Waals surface area contributed by atoms with Crippen LogP contribution in [-0.2, 0) is 7.05 Å². The zero-order valence-corrected chi connectivity index (χ0v) is 15.6. The molecule has 0 saturated carbocycles. The van der Waals surface area contributed by atoms with Crippen LogP contribution in [0.3, 0.4) is 0 Å². The molecule has 0 bridgehead atoms. The first-order valence-electron chi connectivity index (χ1n) is 7.97. The second-order valence-electron chi connectivity index (χ2n) is 5.85.